The van der Waals surface area contributed by atoms with Crippen molar-refractivity contribution in [2.75, 3.05) is 7.05 Å². The second-order valence-corrected chi connectivity index (χ2v) is 7.06. The fourth-order valence-corrected chi connectivity index (χ4v) is 4.83. The fraction of sp³-hybridized carbons (Fsp3) is 0.647. The quantitative estimate of drug-likeness (QED) is 0.802. The van der Waals surface area contributed by atoms with Crippen LogP contribution in [0.15, 0.2) is 30.3 Å². The second-order valence-electron chi connectivity index (χ2n) is 5.52. The number of hydrogen-bond donors (Lipinski definition) is 1. The summed E-state index contributed by atoms with van der Waals surface area (Å²) >= 11 is 2.23. The summed E-state index contributed by atoms with van der Waals surface area (Å²) in [6.07, 6.45) is 8.40. The first-order valence-electron chi connectivity index (χ1n) is 7.72. The van der Waals surface area contributed by atoms with Crippen LogP contribution in [0, 0.1) is 0 Å². The molecule has 1 aromatic rings. The van der Waals surface area contributed by atoms with Gasteiger partial charge in [-0.3, -0.25) is 0 Å². The Balaban J connectivity index is 2.01. The summed E-state index contributed by atoms with van der Waals surface area (Å²) in [6.45, 7) is 2.33. The molecule has 0 radical (unpaired) electrons. The van der Waals surface area contributed by atoms with E-state index in [-0.39, 0.29) is 0 Å². The molecular weight excluding hydrogens is 250 g/mol. The normalized spacial score (nSPS) is 20.1. The summed E-state index contributed by atoms with van der Waals surface area (Å²) in [5.41, 5.74) is 1.43. The largest absolute Gasteiger partial charge is 0.312 e. The van der Waals surface area contributed by atoms with Crippen LogP contribution in [0.25, 0.3) is 0 Å². The SMILES string of the molecule is CCC(SC1CCCCC1)C(NC)c1ccccc1. The van der Waals surface area contributed by atoms with E-state index in [0.29, 0.717) is 11.3 Å². The average molecular weight is 277 g/mol. The lowest BCUT2D eigenvalue weighted by molar-refractivity contribution is 0.505. The van der Waals surface area contributed by atoms with E-state index in [1.54, 1.807) is 0 Å². The molecule has 2 heteroatoms. The van der Waals surface area contributed by atoms with Crippen molar-refractivity contribution in [1.82, 2.24) is 5.32 Å². The van der Waals surface area contributed by atoms with Gasteiger partial charge in [0.2, 0.25) is 0 Å². The Morgan fingerprint density at radius 3 is 2.42 bits per heavy atom. The lowest BCUT2D eigenvalue weighted by Gasteiger charge is -2.31. The van der Waals surface area contributed by atoms with Gasteiger partial charge in [0.05, 0.1) is 0 Å². The maximum atomic E-state index is 3.54. The van der Waals surface area contributed by atoms with Crippen molar-refractivity contribution < 1.29 is 0 Å². The van der Waals surface area contributed by atoms with Gasteiger partial charge < -0.3 is 5.32 Å². The van der Waals surface area contributed by atoms with Crippen molar-refractivity contribution >= 4 is 11.8 Å². The van der Waals surface area contributed by atoms with Gasteiger partial charge in [-0.2, -0.15) is 11.8 Å². The molecule has 19 heavy (non-hydrogen) atoms. The summed E-state index contributed by atoms with van der Waals surface area (Å²) in [6, 6.07) is 11.4. The molecule has 1 aromatic carbocycles. The lowest BCUT2D eigenvalue weighted by Crippen LogP contribution is -2.29. The van der Waals surface area contributed by atoms with E-state index in [0.717, 1.165) is 5.25 Å². The van der Waals surface area contributed by atoms with E-state index < -0.39 is 0 Å². The molecule has 1 saturated carbocycles. The molecule has 1 fully saturated rings. The smallest absolute Gasteiger partial charge is 0.0438 e. The van der Waals surface area contributed by atoms with Gasteiger partial charge in [-0.05, 0) is 31.9 Å². The Hall–Kier alpha value is -0.470. The summed E-state index contributed by atoms with van der Waals surface area (Å²) in [7, 11) is 2.10. The molecule has 0 aromatic heterocycles. The van der Waals surface area contributed by atoms with Crippen molar-refractivity contribution in [3.8, 4) is 0 Å². The number of hydrogen-bond acceptors (Lipinski definition) is 2. The molecule has 2 unspecified atom stereocenters. The molecule has 1 aliphatic rings. The third-order valence-electron chi connectivity index (χ3n) is 4.16. The highest BCUT2D eigenvalue weighted by molar-refractivity contribution is 8.00. The molecule has 0 heterocycles. The first kappa shape index (κ1) is 14.9. The molecule has 2 rings (SSSR count). The van der Waals surface area contributed by atoms with Crippen molar-refractivity contribution in [2.45, 2.75) is 62.0 Å². The zero-order chi connectivity index (χ0) is 13.5. The molecule has 0 saturated heterocycles. The Kier molecular flexibility index (Phi) is 6.25. The Morgan fingerprint density at radius 2 is 1.84 bits per heavy atom. The van der Waals surface area contributed by atoms with Crippen LogP contribution in [-0.4, -0.2) is 17.5 Å². The maximum Gasteiger partial charge on any atom is 0.0438 e. The predicted molar refractivity (Wildman–Crippen MR) is 86.8 cm³/mol. The molecule has 1 aliphatic carbocycles. The van der Waals surface area contributed by atoms with Crippen LogP contribution < -0.4 is 5.32 Å². The molecule has 2 atom stereocenters. The molecule has 0 bridgehead atoms. The monoisotopic (exact) mass is 277 g/mol. The number of benzene rings is 1. The van der Waals surface area contributed by atoms with Gasteiger partial charge in [-0.1, -0.05) is 56.5 Å². The van der Waals surface area contributed by atoms with Crippen LogP contribution in [0.2, 0.25) is 0 Å². The molecular formula is C17H27NS. The van der Waals surface area contributed by atoms with Gasteiger partial charge in [0.25, 0.3) is 0 Å². The third-order valence-corrected chi connectivity index (χ3v) is 5.97. The zero-order valence-electron chi connectivity index (χ0n) is 12.3. The van der Waals surface area contributed by atoms with E-state index >= 15 is 0 Å². The molecule has 106 valence electrons. The van der Waals surface area contributed by atoms with Crippen molar-refractivity contribution in [1.29, 1.82) is 0 Å². The number of rotatable bonds is 6. The number of nitrogens with one attached hydrogen (secondary N) is 1. The van der Waals surface area contributed by atoms with E-state index in [1.165, 1.54) is 44.1 Å². The highest BCUT2D eigenvalue weighted by Crippen LogP contribution is 2.37. The standard InChI is InChI=1S/C17H27NS/c1-3-16(19-15-12-8-5-9-13-15)17(18-2)14-10-6-4-7-11-14/h4,6-7,10-11,15-18H,3,5,8-9,12-13H2,1-2H3. The van der Waals surface area contributed by atoms with Crippen LogP contribution in [0.1, 0.15) is 57.1 Å². The van der Waals surface area contributed by atoms with E-state index in [1.807, 2.05) is 0 Å². The molecule has 0 amide bonds. The Morgan fingerprint density at radius 1 is 1.16 bits per heavy atom. The summed E-state index contributed by atoms with van der Waals surface area (Å²) < 4.78 is 0. The average Bonchev–Trinajstić information content (AvgIpc) is 2.49. The van der Waals surface area contributed by atoms with Crippen LogP contribution in [-0.2, 0) is 0 Å². The van der Waals surface area contributed by atoms with E-state index in [4.69, 9.17) is 0 Å². The Labute approximate surface area is 122 Å². The van der Waals surface area contributed by atoms with Crippen molar-refractivity contribution in [2.24, 2.45) is 0 Å². The molecule has 1 nitrogen and oxygen atoms in total. The first-order chi connectivity index (χ1) is 9.35. The van der Waals surface area contributed by atoms with Crippen LogP contribution in [0.4, 0.5) is 0 Å². The topological polar surface area (TPSA) is 12.0 Å². The van der Waals surface area contributed by atoms with Gasteiger partial charge >= 0.3 is 0 Å². The highest BCUT2D eigenvalue weighted by Gasteiger charge is 2.25. The fourth-order valence-electron chi connectivity index (χ4n) is 3.09. The zero-order valence-corrected chi connectivity index (χ0v) is 13.1. The van der Waals surface area contributed by atoms with Gasteiger partial charge in [0.15, 0.2) is 0 Å². The summed E-state index contributed by atoms with van der Waals surface area (Å²) in [4.78, 5) is 0. The predicted octanol–water partition coefficient (Wildman–Crippen LogP) is 4.79. The summed E-state index contributed by atoms with van der Waals surface area (Å²) in [5, 5.41) is 5.12. The van der Waals surface area contributed by atoms with Gasteiger partial charge in [0.1, 0.15) is 0 Å². The highest BCUT2D eigenvalue weighted by atomic mass is 32.2. The molecule has 1 N–H and O–H groups in total. The Bertz CT molecular complexity index is 346. The van der Waals surface area contributed by atoms with Crippen LogP contribution >= 0.6 is 11.8 Å². The third kappa shape index (κ3) is 4.25. The summed E-state index contributed by atoms with van der Waals surface area (Å²) in [5.74, 6) is 0. The van der Waals surface area contributed by atoms with E-state index in [2.05, 4.69) is 61.4 Å². The number of thioether (sulfide) groups is 1. The van der Waals surface area contributed by atoms with Crippen molar-refractivity contribution in [3.63, 3.8) is 0 Å². The van der Waals surface area contributed by atoms with Gasteiger partial charge in [0, 0.05) is 16.5 Å². The minimum Gasteiger partial charge on any atom is -0.312 e. The minimum atomic E-state index is 0.484. The maximum absolute atomic E-state index is 3.54. The minimum absolute atomic E-state index is 0.484. The van der Waals surface area contributed by atoms with Gasteiger partial charge in [-0.15, -0.1) is 0 Å². The molecule has 0 aliphatic heterocycles. The van der Waals surface area contributed by atoms with Gasteiger partial charge in [-0.25, -0.2) is 0 Å². The van der Waals surface area contributed by atoms with Crippen LogP contribution in [0.5, 0.6) is 0 Å². The molecule has 0 spiro atoms. The second kappa shape index (κ2) is 7.96. The van der Waals surface area contributed by atoms with Crippen LogP contribution in [0.3, 0.4) is 0 Å². The van der Waals surface area contributed by atoms with Crippen molar-refractivity contribution in [3.05, 3.63) is 35.9 Å². The lowest BCUT2D eigenvalue weighted by atomic mass is 10.0. The van der Waals surface area contributed by atoms with E-state index in [9.17, 15) is 0 Å². The first-order valence-corrected chi connectivity index (χ1v) is 8.67.